The van der Waals surface area contributed by atoms with E-state index in [1.54, 1.807) is 0 Å². The molecule has 3 N–H and O–H groups in total. The van der Waals surface area contributed by atoms with Gasteiger partial charge in [-0.15, -0.1) is 0 Å². The van der Waals surface area contributed by atoms with Crippen LogP contribution < -0.4 is 11.1 Å². The van der Waals surface area contributed by atoms with E-state index < -0.39 is 0 Å². The van der Waals surface area contributed by atoms with Crippen LogP contribution in [0, 0.1) is 0 Å². The Morgan fingerprint density at radius 3 is 2.22 bits per heavy atom. The van der Waals surface area contributed by atoms with Gasteiger partial charge in [0.05, 0.1) is 0 Å². The monoisotopic (exact) mass is 247 g/mol. The fraction of sp³-hybridized carbons (Fsp3) is 0.600. The highest BCUT2D eigenvalue weighted by molar-refractivity contribution is 5.26. The van der Waals surface area contributed by atoms with Gasteiger partial charge in [0.2, 0.25) is 0 Å². The van der Waals surface area contributed by atoms with Crippen LogP contribution in [0.4, 0.5) is 0 Å². The van der Waals surface area contributed by atoms with E-state index in [-0.39, 0.29) is 6.04 Å². The molecule has 100 valence electrons. The normalized spacial score (nSPS) is 19.1. The zero-order valence-electron chi connectivity index (χ0n) is 11.5. The van der Waals surface area contributed by atoms with E-state index >= 15 is 0 Å². The Labute approximate surface area is 110 Å². The summed E-state index contributed by atoms with van der Waals surface area (Å²) in [4.78, 5) is 2.44. The van der Waals surface area contributed by atoms with Crippen LogP contribution in [-0.4, -0.2) is 37.6 Å². The van der Waals surface area contributed by atoms with Crippen molar-refractivity contribution in [2.75, 3.05) is 32.7 Å². The molecule has 0 amide bonds. The molecular weight excluding hydrogens is 222 g/mol. The topological polar surface area (TPSA) is 41.3 Å². The Kier molecular flexibility index (Phi) is 4.75. The van der Waals surface area contributed by atoms with E-state index in [0.717, 1.165) is 32.7 Å². The van der Waals surface area contributed by atoms with E-state index in [2.05, 4.69) is 48.3 Å². The predicted molar refractivity (Wildman–Crippen MR) is 76.8 cm³/mol. The van der Waals surface area contributed by atoms with Crippen molar-refractivity contribution < 1.29 is 0 Å². The molecule has 1 fully saturated rings. The lowest BCUT2D eigenvalue weighted by atomic mass is 9.99. The number of benzene rings is 1. The Morgan fingerprint density at radius 1 is 1.11 bits per heavy atom. The molecule has 1 aromatic carbocycles. The summed E-state index contributed by atoms with van der Waals surface area (Å²) in [5.74, 6) is 0.587. The summed E-state index contributed by atoms with van der Waals surface area (Å²) < 4.78 is 0. The van der Waals surface area contributed by atoms with Crippen molar-refractivity contribution in [2.45, 2.75) is 25.8 Å². The summed E-state index contributed by atoms with van der Waals surface area (Å²) in [5, 5.41) is 3.37. The zero-order chi connectivity index (χ0) is 13.0. The molecule has 1 saturated heterocycles. The quantitative estimate of drug-likeness (QED) is 0.851. The molecule has 1 aliphatic rings. The summed E-state index contributed by atoms with van der Waals surface area (Å²) in [7, 11) is 0. The van der Waals surface area contributed by atoms with Gasteiger partial charge in [-0.2, -0.15) is 0 Å². The lowest BCUT2D eigenvalue weighted by molar-refractivity contribution is 0.228. The molecular formula is C15H25N3. The molecule has 3 nitrogen and oxygen atoms in total. The van der Waals surface area contributed by atoms with Gasteiger partial charge in [-0.25, -0.2) is 0 Å². The molecule has 1 aromatic rings. The van der Waals surface area contributed by atoms with Crippen LogP contribution in [0.15, 0.2) is 24.3 Å². The third-order valence-corrected chi connectivity index (χ3v) is 3.70. The number of piperazine rings is 1. The van der Waals surface area contributed by atoms with Crippen LogP contribution in [0.1, 0.15) is 36.9 Å². The number of hydrogen-bond donors (Lipinski definition) is 2. The van der Waals surface area contributed by atoms with Crippen molar-refractivity contribution in [3.8, 4) is 0 Å². The van der Waals surface area contributed by atoms with Crippen LogP contribution >= 0.6 is 0 Å². The molecule has 1 unspecified atom stereocenters. The van der Waals surface area contributed by atoms with Gasteiger partial charge in [0.15, 0.2) is 0 Å². The first-order valence-electron chi connectivity index (χ1n) is 6.95. The van der Waals surface area contributed by atoms with Crippen LogP contribution in [-0.2, 0) is 0 Å². The Morgan fingerprint density at radius 2 is 1.67 bits per heavy atom. The van der Waals surface area contributed by atoms with Gasteiger partial charge >= 0.3 is 0 Å². The Hall–Kier alpha value is -0.900. The molecule has 0 radical (unpaired) electrons. The minimum atomic E-state index is 0.129. The minimum absolute atomic E-state index is 0.129. The molecule has 18 heavy (non-hydrogen) atoms. The summed E-state index contributed by atoms with van der Waals surface area (Å²) in [5.41, 5.74) is 8.92. The summed E-state index contributed by atoms with van der Waals surface area (Å²) in [6.45, 7) is 9.78. The van der Waals surface area contributed by atoms with Crippen molar-refractivity contribution in [3.05, 3.63) is 35.4 Å². The van der Waals surface area contributed by atoms with Crippen molar-refractivity contribution in [2.24, 2.45) is 5.73 Å². The second kappa shape index (κ2) is 6.32. The standard InChI is InChI=1S/C15H25N3/c1-12(2)13-3-5-14(6-4-13)15(16)11-18-9-7-17-8-10-18/h3-6,12,15,17H,7-11,16H2,1-2H3. The van der Waals surface area contributed by atoms with Gasteiger partial charge < -0.3 is 11.1 Å². The van der Waals surface area contributed by atoms with E-state index in [1.807, 2.05) is 0 Å². The maximum atomic E-state index is 6.29. The van der Waals surface area contributed by atoms with Crippen molar-refractivity contribution in [1.82, 2.24) is 10.2 Å². The fourth-order valence-electron chi connectivity index (χ4n) is 2.41. The van der Waals surface area contributed by atoms with Gasteiger partial charge in [0.1, 0.15) is 0 Å². The largest absolute Gasteiger partial charge is 0.323 e. The number of nitrogens with zero attached hydrogens (tertiary/aromatic N) is 1. The van der Waals surface area contributed by atoms with Crippen LogP contribution in [0.3, 0.4) is 0 Å². The lowest BCUT2D eigenvalue weighted by Gasteiger charge is -2.29. The van der Waals surface area contributed by atoms with Crippen molar-refractivity contribution in [1.29, 1.82) is 0 Å². The molecule has 3 heteroatoms. The molecule has 1 atom stereocenters. The average Bonchev–Trinajstić information content (AvgIpc) is 2.40. The molecule has 0 bridgehead atoms. The first-order chi connectivity index (χ1) is 8.66. The third-order valence-electron chi connectivity index (χ3n) is 3.70. The number of nitrogens with two attached hydrogens (primary N) is 1. The van der Waals surface area contributed by atoms with Gasteiger partial charge in [-0.1, -0.05) is 38.1 Å². The number of rotatable bonds is 4. The summed E-state index contributed by atoms with van der Waals surface area (Å²) >= 11 is 0. The molecule has 0 saturated carbocycles. The minimum Gasteiger partial charge on any atom is -0.323 e. The second-order valence-corrected chi connectivity index (χ2v) is 5.48. The van der Waals surface area contributed by atoms with E-state index in [0.29, 0.717) is 5.92 Å². The second-order valence-electron chi connectivity index (χ2n) is 5.48. The van der Waals surface area contributed by atoms with Gasteiger partial charge in [-0.3, -0.25) is 4.90 Å². The smallest absolute Gasteiger partial charge is 0.0424 e. The Balaban J connectivity index is 1.93. The molecule has 2 rings (SSSR count). The van der Waals surface area contributed by atoms with Crippen LogP contribution in [0.5, 0.6) is 0 Å². The highest BCUT2D eigenvalue weighted by atomic mass is 15.2. The third kappa shape index (κ3) is 3.55. The van der Waals surface area contributed by atoms with Gasteiger partial charge in [0.25, 0.3) is 0 Å². The molecule has 0 aromatic heterocycles. The van der Waals surface area contributed by atoms with Gasteiger partial charge in [0, 0.05) is 38.8 Å². The first-order valence-corrected chi connectivity index (χ1v) is 6.95. The molecule has 0 spiro atoms. The average molecular weight is 247 g/mol. The molecule has 0 aliphatic carbocycles. The van der Waals surface area contributed by atoms with Crippen LogP contribution in [0.25, 0.3) is 0 Å². The Bertz CT molecular complexity index is 353. The van der Waals surface area contributed by atoms with E-state index in [9.17, 15) is 0 Å². The lowest BCUT2D eigenvalue weighted by Crippen LogP contribution is -2.45. The van der Waals surface area contributed by atoms with E-state index in [1.165, 1.54) is 11.1 Å². The zero-order valence-corrected chi connectivity index (χ0v) is 11.5. The first kappa shape index (κ1) is 13.5. The SMILES string of the molecule is CC(C)c1ccc(C(N)CN2CCNCC2)cc1. The molecule has 1 aliphatic heterocycles. The summed E-state index contributed by atoms with van der Waals surface area (Å²) in [6.07, 6.45) is 0. The number of nitrogens with one attached hydrogen (secondary N) is 1. The fourth-order valence-corrected chi connectivity index (χ4v) is 2.41. The van der Waals surface area contributed by atoms with E-state index in [4.69, 9.17) is 5.73 Å². The highest BCUT2D eigenvalue weighted by Crippen LogP contribution is 2.18. The summed E-state index contributed by atoms with van der Waals surface area (Å²) in [6, 6.07) is 8.91. The van der Waals surface area contributed by atoms with Gasteiger partial charge in [-0.05, 0) is 17.0 Å². The van der Waals surface area contributed by atoms with Crippen LogP contribution in [0.2, 0.25) is 0 Å². The predicted octanol–water partition coefficient (Wildman–Crippen LogP) is 1.72. The maximum absolute atomic E-state index is 6.29. The maximum Gasteiger partial charge on any atom is 0.0424 e. The number of hydrogen-bond acceptors (Lipinski definition) is 3. The van der Waals surface area contributed by atoms with Crippen molar-refractivity contribution in [3.63, 3.8) is 0 Å². The molecule has 1 heterocycles. The van der Waals surface area contributed by atoms with Crippen molar-refractivity contribution >= 4 is 0 Å². The highest BCUT2D eigenvalue weighted by Gasteiger charge is 2.14.